The summed E-state index contributed by atoms with van der Waals surface area (Å²) in [7, 11) is -6.06. The highest BCUT2D eigenvalue weighted by molar-refractivity contribution is 7.46. The van der Waals surface area contributed by atoms with Gasteiger partial charge >= 0.3 is 38.8 Å². The highest BCUT2D eigenvalue weighted by Gasteiger charge is 2.26. The second-order valence-electron chi connectivity index (χ2n) is 14.8. The maximum Gasteiger partial charge on any atom is 0.469 e. The Morgan fingerprint density at radius 1 is 0.515 bits per heavy atom. The van der Waals surface area contributed by atoms with E-state index < -0.39 is 15.6 Å². The molecule has 8 N–H and O–H groups in total. The van der Waals surface area contributed by atoms with E-state index in [9.17, 15) is 9.13 Å². The predicted octanol–water partition coefficient (Wildman–Crippen LogP) is 4.22. The number of hydrogen-bond acceptors (Lipinski definition) is 14. The average Bonchev–Trinajstić information content (AvgIpc) is 3.84. The Balaban J connectivity index is 0.000000201. The van der Waals surface area contributed by atoms with Gasteiger partial charge in [-0.15, -0.1) is 0 Å². The van der Waals surface area contributed by atoms with Crippen LogP contribution in [0.15, 0.2) is 122 Å². The molecule has 0 radical (unpaired) electrons. The van der Waals surface area contributed by atoms with E-state index in [-0.39, 0.29) is 51.8 Å². The molecule has 4 aromatic heterocycles. The molecular formula is C44H50N10O12P2+2. The normalized spacial score (nSPS) is 11.7. The van der Waals surface area contributed by atoms with Crippen LogP contribution in [-0.2, 0) is 54.2 Å². The molecule has 68 heavy (non-hydrogen) atoms. The summed E-state index contributed by atoms with van der Waals surface area (Å²) in [6.45, 7) is 0.594. The molecule has 4 aromatic carbocycles. The molecule has 0 aliphatic rings. The Morgan fingerprint density at radius 2 is 0.868 bits per heavy atom. The molecule has 22 nitrogen and oxygen atoms in total. The van der Waals surface area contributed by atoms with E-state index in [2.05, 4.69) is 102 Å². The van der Waals surface area contributed by atoms with Gasteiger partial charge in [-0.05, 0) is 33.4 Å². The maximum absolute atomic E-state index is 10.8. The first-order valence-electron chi connectivity index (χ1n) is 20.7. The van der Waals surface area contributed by atoms with Gasteiger partial charge in [-0.25, -0.2) is 18.3 Å². The van der Waals surface area contributed by atoms with Gasteiger partial charge in [0.25, 0.3) is 11.8 Å². The molecule has 0 saturated carbocycles. The number of anilines is 2. The van der Waals surface area contributed by atoms with Crippen molar-refractivity contribution >= 4 is 49.9 Å². The van der Waals surface area contributed by atoms with Gasteiger partial charge in [-0.1, -0.05) is 119 Å². The number of fused-ring (bicyclic) bond motifs is 2. The van der Waals surface area contributed by atoms with Crippen LogP contribution in [0.5, 0.6) is 11.8 Å². The Hall–Kier alpha value is -6.68. The Bertz CT molecular complexity index is 2820. The standard InChI is InChI=1S/2C22H24N5O6P/c2*1-31-21-19-20(24-22(23)25-21)27(15-32-11-12-33-34(28,29)30)14-26(19)13-16-7-9-18(10-8-16)17-5-3-2-4-6-17/h2*2-10,14H,11-13,15H2,1H3,(H3-,23,24,25,28,29,30)/p+2. The molecular weight excluding hydrogens is 922 g/mol. The van der Waals surface area contributed by atoms with Crippen molar-refractivity contribution < 1.29 is 65.8 Å². The van der Waals surface area contributed by atoms with Gasteiger partial charge in [0.15, 0.2) is 26.1 Å². The van der Waals surface area contributed by atoms with Crippen molar-refractivity contribution in [1.29, 1.82) is 0 Å². The number of imidazole rings is 2. The van der Waals surface area contributed by atoms with Crippen molar-refractivity contribution in [2.45, 2.75) is 26.6 Å². The Labute approximate surface area is 389 Å². The molecule has 0 bridgehead atoms. The molecule has 8 aromatic rings. The van der Waals surface area contributed by atoms with Crippen LogP contribution in [0, 0.1) is 0 Å². The summed E-state index contributed by atoms with van der Waals surface area (Å²) >= 11 is 0. The van der Waals surface area contributed by atoms with Crippen molar-refractivity contribution in [3.63, 3.8) is 0 Å². The van der Waals surface area contributed by atoms with E-state index in [1.54, 1.807) is 21.8 Å². The highest BCUT2D eigenvalue weighted by Crippen LogP contribution is 2.36. The minimum absolute atomic E-state index is 0.0244. The van der Waals surface area contributed by atoms with Gasteiger partial charge in [-0.3, -0.25) is 18.2 Å². The molecule has 0 aliphatic carbocycles. The van der Waals surface area contributed by atoms with E-state index >= 15 is 0 Å². The molecule has 8 rings (SSSR count). The van der Waals surface area contributed by atoms with Crippen LogP contribution in [0.2, 0.25) is 0 Å². The summed E-state index contributed by atoms with van der Waals surface area (Å²) in [5.74, 6) is 0.750. The van der Waals surface area contributed by atoms with E-state index in [0.29, 0.717) is 47.2 Å². The number of nitrogens with two attached hydrogens (primary N) is 2. The lowest BCUT2D eigenvalue weighted by Crippen LogP contribution is -2.35. The first-order valence-corrected chi connectivity index (χ1v) is 23.8. The van der Waals surface area contributed by atoms with Gasteiger partial charge in [0.1, 0.15) is 0 Å². The predicted molar refractivity (Wildman–Crippen MR) is 247 cm³/mol. The van der Waals surface area contributed by atoms with Gasteiger partial charge in [0.05, 0.1) is 53.7 Å². The number of nitrogens with zero attached hydrogens (tertiary/aromatic N) is 8. The lowest BCUT2D eigenvalue weighted by molar-refractivity contribution is -0.711. The summed E-state index contributed by atoms with van der Waals surface area (Å²) in [5, 5.41) is 0. The third-order valence-corrected chi connectivity index (χ3v) is 11.1. The fourth-order valence-corrected chi connectivity index (χ4v) is 7.70. The summed E-state index contributed by atoms with van der Waals surface area (Å²) in [6, 6.07) is 36.8. The number of rotatable bonds is 20. The first kappa shape index (κ1) is 49.2. The van der Waals surface area contributed by atoms with Crippen LogP contribution >= 0.6 is 15.6 Å². The number of methoxy groups -OCH3 is 2. The number of phosphoric acid groups is 2. The largest absolute Gasteiger partial charge is 0.478 e. The number of phosphoric ester groups is 2. The first-order chi connectivity index (χ1) is 32.7. The van der Waals surface area contributed by atoms with Crippen LogP contribution in [0.3, 0.4) is 0 Å². The quantitative estimate of drug-likeness (QED) is 0.0354. The average molecular weight is 973 g/mol. The third-order valence-electron chi connectivity index (χ3n) is 10.0. The Morgan fingerprint density at radius 3 is 1.21 bits per heavy atom. The minimum atomic E-state index is -4.54. The van der Waals surface area contributed by atoms with Crippen molar-refractivity contribution in [2.24, 2.45) is 0 Å². The Kier molecular flexibility index (Phi) is 16.2. The van der Waals surface area contributed by atoms with Crippen LogP contribution in [0.25, 0.3) is 44.6 Å². The SMILES string of the molecule is COc1nc(N)nc2c1n(Cc1ccc(-c3ccccc3)cc1)c[n+]2COCCOP(=O)(O)O.COc1nc(N)nc2c1n(Cc1ccc(-c3ccccc3)cc1)c[n+]2COCCOP(=O)(O)O. The van der Waals surface area contributed by atoms with Crippen LogP contribution in [0.1, 0.15) is 11.1 Å². The summed E-state index contributed by atoms with van der Waals surface area (Å²) < 4.78 is 59.6. The number of ether oxygens (including phenoxy) is 4. The van der Waals surface area contributed by atoms with Gasteiger partial charge in [0, 0.05) is 0 Å². The number of benzene rings is 4. The second-order valence-corrected chi connectivity index (χ2v) is 17.3. The molecule has 0 amide bonds. The lowest BCUT2D eigenvalue weighted by atomic mass is 10.0. The van der Waals surface area contributed by atoms with Crippen molar-refractivity contribution in [3.8, 4) is 34.0 Å². The van der Waals surface area contributed by atoms with Gasteiger partial charge in [0.2, 0.25) is 11.0 Å². The molecule has 356 valence electrons. The van der Waals surface area contributed by atoms with Gasteiger partial charge in [-0.2, -0.15) is 9.97 Å². The van der Waals surface area contributed by atoms with E-state index in [1.807, 2.05) is 45.5 Å². The zero-order chi connectivity index (χ0) is 48.3. The van der Waals surface area contributed by atoms with Crippen molar-refractivity contribution in [3.05, 3.63) is 133 Å². The zero-order valence-electron chi connectivity index (χ0n) is 36.9. The monoisotopic (exact) mass is 972 g/mol. The highest BCUT2D eigenvalue weighted by atomic mass is 31.2. The summed E-state index contributed by atoms with van der Waals surface area (Å²) in [5.41, 5.74) is 20.6. The molecule has 24 heteroatoms. The lowest BCUT2D eigenvalue weighted by Gasteiger charge is -2.05. The smallest absolute Gasteiger partial charge is 0.469 e. The topological polar surface area (TPSA) is 292 Å². The van der Waals surface area contributed by atoms with Crippen LogP contribution < -0.4 is 30.1 Å². The molecule has 4 heterocycles. The fourth-order valence-electron chi connectivity index (χ4n) is 7.07. The second kappa shape index (κ2) is 22.4. The fraction of sp³-hybridized carbons (Fsp3) is 0.227. The van der Waals surface area contributed by atoms with E-state index in [1.165, 1.54) is 14.2 Å². The van der Waals surface area contributed by atoms with Crippen LogP contribution in [-0.4, -0.2) is 89.3 Å². The molecule has 0 fully saturated rings. The minimum Gasteiger partial charge on any atom is -0.478 e. The van der Waals surface area contributed by atoms with Crippen molar-refractivity contribution in [1.82, 2.24) is 29.1 Å². The summed E-state index contributed by atoms with van der Waals surface area (Å²) in [4.78, 5) is 52.1. The maximum atomic E-state index is 10.8. The molecule has 0 aliphatic heterocycles. The molecule has 0 unspecified atom stereocenters. The van der Waals surface area contributed by atoms with Crippen LogP contribution in [0.4, 0.5) is 11.9 Å². The van der Waals surface area contributed by atoms with Gasteiger partial charge < -0.3 is 50.0 Å². The summed E-state index contributed by atoms with van der Waals surface area (Å²) in [6.07, 6.45) is 3.60. The molecule has 0 saturated heterocycles. The zero-order valence-corrected chi connectivity index (χ0v) is 38.7. The molecule has 0 spiro atoms. The number of aromatic nitrogens is 8. The number of nitrogen functional groups attached to an aromatic ring is 2. The van der Waals surface area contributed by atoms with E-state index in [4.69, 9.17) is 50.0 Å². The van der Waals surface area contributed by atoms with E-state index in [0.717, 1.165) is 33.4 Å². The number of hydrogen-bond donors (Lipinski definition) is 6. The third kappa shape index (κ3) is 13.3. The molecule has 0 atom stereocenters. The van der Waals surface area contributed by atoms with Crippen molar-refractivity contribution in [2.75, 3.05) is 52.1 Å².